The first-order valence-electron chi connectivity index (χ1n) is 8.20. The summed E-state index contributed by atoms with van der Waals surface area (Å²) in [5, 5.41) is 13.8. The van der Waals surface area contributed by atoms with E-state index in [-0.39, 0.29) is 23.7 Å². The second-order valence-electron chi connectivity index (χ2n) is 5.97. The number of carbonyl (C=O) groups is 2. The third kappa shape index (κ3) is 4.89. The van der Waals surface area contributed by atoms with Gasteiger partial charge in [-0.1, -0.05) is 12.1 Å². The summed E-state index contributed by atoms with van der Waals surface area (Å²) in [5.74, 6) is -0.672. The fourth-order valence-corrected chi connectivity index (χ4v) is 2.61. The van der Waals surface area contributed by atoms with E-state index in [9.17, 15) is 19.7 Å². The molecule has 0 aliphatic carbocycles. The average Bonchev–Trinajstić information content (AvgIpc) is 2.67. The van der Waals surface area contributed by atoms with Crippen molar-refractivity contribution >= 4 is 17.5 Å². The molecule has 0 fully saturated rings. The molecule has 2 aromatic carbocycles. The Labute approximate surface area is 156 Å². The summed E-state index contributed by atoms with van der Waals surface area (Å²) in [6.07, 6.45) is 0. The molecule has 0 spiro atoms. The molecule has 0 saturated heterocycles. The van der Waals surface area contributed by atoms with Crippen LogP contribution in [0.15, 0.2) is 42.5 Å². The molecule has 8 nitrogen and oxygen atoms in total. The largest absolute Gasteiger partial charge is 0.380 e. The summed E-state index contributed by atoms with van der Waals surface area (Å²) < 4.78 is 5.04. The van der Waals surface area contributed by atoms with Gasteiger partial charge in [-0.3, -0.25) is 19.7 Å². The van der Waals surface area contributed by atoms with Crippen LogP contribution in [0, 0.1) is 10.1 Å². The van der Waals surface area contributed by atoms with Gasteiger partial charge >= 0.3 is 0 Å². The number of methoxy groups -OCH3 is 1. The van der Waals surface area contributed by atoms with Gasteiger partial charge in [-0.2, -0.15) is 0 Å². The van der Waals surface area contributed by atoms with Crippen molar-refractivity contribution < 1.29 is 19.2 Å². The number of nitro groups is 1. The summed E-state index contributed by atoms with van der Waals surface area (Å²) in [6, 6.07) is 11.2. The lowest BCUT2D eigenvalue weighted by Crippen LogP contribution is -2.26. The topological polar surface area (TPSA) is 102 Å². The molecule has 0 unspecified atom stereocenters. The molecule has 0 aliphatic heterocycles. The SMILES string of the molecule is CNC(=O)c1ccc(CN(C)C(=O)c2ccc(COC)cc2)c([N+](=O)[O-])c1. The zero-order valence-corrected chi connectivity index (χ0v) is 15.4. The predicted octanol–water partition coefficient (Wildman–Crippen LogP) is 2.37. The monoisotopic (exact) mass is 371 g/mol. The van der Waals surface area contributed by atoms with Gasteiger partial charge in [0.1, 0.15) is 0 Å². The lowest BCUT2D eigenvalue weighted by atomic mass is 10.1. The molecule has 142 valence electrons. The Morgan fingerprint density at radius 1 is 1.15 bits per heavy atom. The maximum absolute atomic E-state index is 12.6. The van der Waals surface area contributed by atoms with E-state index in [1.54, 1.807) is 38.4 Å². The van der Waals surface area contributed by atoms with Crippen molar-refractivity contribution in [3.63, 3.8) is 0 Å². The quantitative estimate of drug-likeness (QED) is 0.595. The first-order valence-corrected chi connectivity index (χ1v) is 8.20. The third-order valence-electron chi connectivity index (χ3n) is 4.04. The van der Waals surface area contributed by atoms with Crippen LogP contribution in [0.25, 0.3) is 0 Å². The van der Waals surface area contributed by atoms with Crippen LogP contribution in [0.5, 0.6) is 0 Å². The third-order valence-corrected chi connectivity index (χ3v) is 4.04. The number of nitro benzene ring substituents is 1. The minimum Gasteiger partial charge on any atom is -0.380 e. The number of nitrogens with zero attached hydrogens (tertiary/aromatic N) is 2. The van der Waals surface area contributed by atoms with Gasteiger partial charge in [0.25, 0.3) is 17.5 Å². The number of rotatable bonds is 7. The lowest BCUT2D eigenvalue weighted by molar-refractivity contribution is -0.385. The Hall–Kier alpha value is -3.26. The summed E-state index contributed by atoms with van der Waals surface area (Å²) in [5.41, 5.74) is 1.75. The number of nitrogens with one attached hydrogen (secondary N) is 1. The van der Waals surface area contributed by atoms with E-state index >= 15 is 0 Å². The van der Waals surface area contributed by atoms with Gasteiger partial charge in [0.15, 0.2) is 0 Å². The Bertz CT molecular complexity index is 849. The first kappa shape index (κ1) is 20.1. The number of amides is 2. The number of benzene rings is 2. The van der Waals surface area contributed by atoms with Crippen LogP contribution in [0.4, 0.5) is 5.69 Å². The molecule has 0 saturated carbocycles. The minimum absolute atomic E-state index is 0.0446. The van der Waals surface area contributed by atoms with Crippen LogP contribution in [-0.4, -0.2) is 42.8 Å². The van der Waals surface area contributed by atoms with Crippen molar-refractivity contribution in [3.8, 4) is 0 Å². The highest BCUT2D eigenvalue weighted by Crippen LogP contribution is 2.22. The zero-order chi connectivity index (χ0) is 20.0. The molecule has 1 N–H and O–H groups in total. The summed E-state index contributed by atoms with van der Waals surface area (Å²) in [7, 11) is 4.61. The second kappa shape index (κ2) is 8.91. The zero-order valence-electron chi connectivity index (χ0n) is 15.4. The van der Waals surface area contributed by atoms with Crippen LogP contribution >= 0.6 is 0 Å². The summed E-state index contributed by atoms with van der Waals surface area (Å²) in [4.78, 5) is 36.5. The molecule has 0 bridgehead atoms. The number of hydrogen-bond donors (Lipinski definition) is 1. The number of hydrogen-bond acceptors (Lipinski definition) is 5. The smallest absolute Gasteiger partial charge is 0.275 e. The second-order valence-corrected chi connectivity index (χ2v) is 5.97. The molecule has 0 heterocycles. The molecule has 2 aromatic rings. The highest BCUT2D eigenvalue weighted by molar-refractivity contribution is 5.95. The van der Waals surface area contributed by atoms with Gasteiger partial charge in [-0.15, -0.1) is 0 Å². The van der Waals surface area contributed by atoms with Crippen molar-refractivity contribution in [2.24, 2.45) is 0 Å². The molecule has 0 aromatic heterocycles. The molecule has 2 rings (SSSR count). The van der Waals surface area contributed by atoms with Gasteiger partial charge in [0.2, 0.25) is 0 Å². The molecular formula is C19H21N3O5. The van der Waals surface area contributed by atoms with Gasteiger partial charge in [-0.05, 0) is 29.8 Å². The van der Waals surface area contributed by atoms with E-state index in [1.807, 2.05) is 0 Å². The Morgan fingerprint density at radius 2 is 1.78 bits per heavy atom. The molecule has 27 heavy (non-hydrogen) atoms. The van der Waals surface area contributed by atoms with Crippen LogP contribution in [0.3, 0.4) is 0 Å². The molecule has 8 heteroatoms. The normalized spacial score (nSPS) is 10.3. The van der Waals surface area contributed by atoms with E-state index in [4.69, 9.17) is 4.74 Å². The predicted molar refractivity (Wildman–Crippen MR) is 99.4 cm³/mol. The molecule has 0 atom stereocenters. The minimum atomic E-state index is -0.556. The summed E-state index contributed by atoms with van der Waals surface area (Å²) >= 11 is 0. The van der Waals surface area contributed by atoms with Gasteiger partial charge in [0, 0.05) is 44.0 Å². The Balaban J connectivity index is 2.20. The van der Waals surface area contributed by atoms with Crippen molar-refractivity contribution in [2.45, 2.75) is 13.2 Å². The van der Waals surface area contributed by atoms with E-state index in [2.05, 4.69) is 5.32 Å². The fourth-order valence-electron chi connectivity index (χ4n) is 2.61. The van der Waals surface area contributed by atoms with E-state index in [0.717, 1.165) is 5.56 Å². The molecule has 0 aliphatic rings. The molecular weight excluding hydrogens is 350 g/mol. The Morgan fingerprint density at radius 3 is 2.33 bits per heavy atom. The van der Waals surface area contributed by atoms with Gasteiger partial charge in [0.05, 0.1) is 18.1 Å². The van der Waals surface area contributed by atoms with E-state index in [0.29, 0.717) is 17.7 Å². The summed E-state index contributed by atoms with van der Waals surface area (Å²) in [6.45, 7) is 0.497. The maximum Gasteiger partial charge on any atom is 0.275 e. The van der Waals surface area contributed by atoms with Crippen LogP contribution in [0.2, 0.25) is 0 Å². The van der Waals surface area contributed by atoms with Crippen molar-refractivity contribution in [3.05, 3.63) is 74.8 Å². The Kier molecular flexibility index (Phi) is 6.62. The van der Waals surface area contributed by atoms with Gasteiger partial charge in [-0.25, -0.2) is 0 Å². The molecule has 2 amide bonds. The highest BCUT2D eigenvalue weighted by Gasteiger charge is 2.20. The van der Waals surface area contributed by atoms with Crippen molar-refractivity contribution in [1.82, 2.24) is 10.2 Å². The average molecular weight is 371 g/mol. The fraction of sp³-hybridized carbons (Fsp3) is 0.263. The van der Waals surface area contributed by atoms with Crippen LogP contribution in [-0.2, 0) is 17.9 Å². The first-order chi connectivity index (χ1) is 12.9. The van der Waals surface area contributed by atoms with E-state index < -0.39 is 10.8 Å². The lowest BCUT2D eigenvalue weighted by Gasteiger charge is -2.18. The van der Waals surface area contributed by atoms with Crippen molar-refractivity contribution in [1.29, 1.82) is 0 Å². The highest BCUT2D eigenvalue weighted by atomic mass is 16.6. The van der Waals surface area contributed by atoms with Crippen molar-refractivity contribution in [2.75, 3.05) is 21.2 Å². The standard InChI is InChI=1S/C19H21N3O5/c1-20-18(23)15-8-9-16(17(10-15)22(25)26)11-21(2)19(24)14-6-4-13(5-7-14)12-27-3/h4-10H,11-12H2,1-3H3,(H,20,23). The van der Waals surface area contributed by atoms with E-state index in [1.165, 1.54) is 30.1 Å². The maximum atomic E-state index is 12.6. The van der Waals surface area contributed by atoms with Gasteiger partial charge < -0.3 is 15.0 Å². The number of carbonyl (C=O) groups excluding carboxylic acids is 2. The number of ether oxygens (including phenoxy) is 1. The van der Waals surface area contributed by atoms with Crippen LogP contribution in [0.1, 0.15) is 31.8 Å². The van der Waals surface area contributed by atoms with Crippen LogP contribution < -0.4 is 5.32 Å². The molecule has 0 radical (unpaired) electrons.